The summed E-state index contributed by atoms with van der Waals surface area (Å²) >= 11 is 12.2. The van der Waals surface area contributed by atoms with E-state index in [1.807, 2.05) is 38.1 Å². The van der Waals surface area contributed by atoms with Gasteiger partial charge in [-0.2, -0.15) is 0 Å². The Morgan fingerprint density at radius 1 is 0.917 bits per heavy atom. The van der Waals surface area contributed by atoms with E-state index in [9.17, 15) is 9.59 Å². The third-order valence-electron chi connectivity index (χ3n) is 3.76. The van der Waals surface area contributed by atoms with Gasteiger partial charge in [-0.3, -0.25) is 9.59 Å². The van der Waals surface area contributed by atoms with Crippen molar-refractivity contribution in [2.75, 3.05) is 10.2 Å². The number of anilines is 2. The Balaban J connectivity index is 1.92. The maximum absolute atomic E-state index is 12.7. The van der Waals surface area contributed by atoms with Crippen LogP contribution >= 0.6 is 23.2 Å². The third-order valence-corrected chi connectivity index (χ3v) is 4.52. The second-order valence-corrected chi connectivity index (χ2v) is 6.34. The van der Waals surface area contributed by atoms with Crippen molar-refractivity contribution in [1.29, 1.82) is 0 Å². The summed E-state index contributed by atoms with van der Waals surface area (Å²) < 4.78 is 0. The van der Waals surface area contributed by atoms with Gasteiger partial charge < -0.3 is 5.32 Å². The second-order valence-electron chi connectivity index (χ2n) is 5.56. The zero-order chi connectivity index (χ0) is 17.4. The van der Waals surface area contributed by atoms with Gasteiger partial charge in [0.25, 0.3) is 11.8 Å². The number of amides is 2. The van der Waals surface area contributed by atoms with Crippen molar-refractivity contribution in [2.24, 2.45) is 0 Å². The van der Waals surface area contributed by atoms with Crippen molar-refractivity contribution in [1.82, 2.24) is 0 Å². The van der Waals surface area contributed by atoms with Gasteiger partial charge in [0, 0.05) is 10.7 Å². The Hall–Kier alpha value is -2.30. The molecular weight excluding hydrogens is 347 g/mol. The van der Waals surface area contributed by atoms with Gasteiger partial charge in [0.05, 0.1) is 5.69 Å². The summed E-state index contributed by atoms with van der Waals surface area (Å²) in [5.41, 5.74) is 3.07. The number of aryl methyl sites for hydroxylation is 2. The molecule has 0 fully saturated rings. The minimum absolute atomic E-state index is 0.0576. The normalized spacial score (nSPS) is 14.6. The predicted molar refractivity (Wildman–Crippen MR) is 96.4 cm³/mol. The number of carbonyl (C=O) groups is 2. The molecule has 0 bridgehead atoms. The summed E-state index contributed by atoms with van der Waals surface area (Å²) in [4.78, 5) is 26.1. The molecule has 0 atom stereocenters. The number of rotatable bonds is 3. The van der Waals surface area contributed by atoms with Crippen molar-refractivity contribution in [2.45, 2.75) is 13.8 Å². The lowest BCUT2D eigenvalue weighted by Crippen LogP contribution is -2.32. The number of imide groups is 1. The first-order chi connectivity index (χ1) is 11.4. The molecule has 2 aromatic rings. The average Bonchev–Trinajstić information content (AvgIpc) is 2.76. The van der Waals surface area contributed by atoms with Crippen LogP contribution in [0.2, 0.25) is 5.02 Å². The van der Waals surface area contributed by atoms with Gasteiger partial charge in [0.1, 0.15) is 10.7 Å². The molecule has 0 radical (unpaired) electrons. The van der Waals surface area contributed by atoms with E-state index < -0.39 is 11.8 Å². The zero-order valence-electron chi connectivity index (χ0n) is 13.1. The Kier molecular flexibility index (Phi) is 4.35. The molecule has 1 aliphatic heterocycles. The van der Waals surface area contributed by atoms with E-state index in [4.69, 9.17) is 23.2 Å². The molecule has 1 heterocycles. The monoisotopic (exact) mass is 360 g/mol. The molecule has 0 spiro atoms. The van der Waals surface area contributed by atoms with Crippen LogP contribution < -0.4 is 10.2 Å². The molecule has 0 saturated carbocycles. The minimum Gasteiger partial charge on any atom is -0.350 e. The highest BCUT2D eigenvalue weighted by Gasteiger charge is 2.39. The Morgan fingerprint density at radius 3 is 2.21 bits per heavy atom. The maximum atomic E-state index is 12.7. The van der Waals surface area contributed by atoms with E-state index in [1.54, 1.807) is 18.2 Å². The SMILES string of the molecule is Cc1ccc(NC2=C(Cl)C(=O)N(c3ccc(C)c(Cl)c3)C2=O)cc1. The number of benzene rings is 2. The Bertz CT molecular complexity index is 873. The molecule has 1 N–H and O–H groups in total. The first-order valence-corrected chi connectivity index (χ1v) is 8.02. The first-order valence-electron chi connectivity index (χ1n) is 7.27. The fourth-order valence-corrected chi connectivity index (χ4v) is 2.74. The highest BCUT2D eigenvalue weighted by atomic mass is 35.5. The summed E-state index contributed by atoms with van der Waals surface area (Å²) in [7, 11) is 0. The second kappa shape index (κ2) is 6.30. The third kappa shape index (κ3) is 2.90. The van der Waals surface area contributed by atoms with Gasteiger partial charge in [0.2, 0.25) is 0 Å². The van der Waals surface area contributed by atoms with Gasteiger partial charge in [0.15, 0.2) is 0 Å². The van der Waals surface area contributed by atoms with Crippen LogP contribution in [0.25, 0.3) is 0 Å². The van der Waals surface area contributed by atoms with Crippen LogP contribution in [-0.4, -0.2) is 11.8 Å². The van der Waals surface area contributed by atoms with E-state index in [1.165, 1.54) is 0 Å². The summed E-state index contributed by atoms with van der Waals surface area (Å²) in [6, 6.07) is 12.4. The Labute approximate surface area is 149 Å². The highest BCUT2D eigenvalue weighted by molar-refractivity contribution is 6.53. The van der Waals surface area contributed by atoms with Crippen LogP contribution in [0, 0.1) is 13.8 Å². The van der Waals surface area contributed by atoms with Crippen LogP contribution in [0.5, 0.6) is 0 Å². The van der Waals surface area contributed by atoms with E-state index >= 15 is 0 Å². The summed E-state index contributed by atoms with van der Waals surface area (Å²) in [5.74, 6) is -1.08. The fraction of sp³-hybridized carbons (Fsp3) is 0.111. The van der Waals surface area contributed by atoms with Crippen molar-refractivity contribution in [3.63, 3.8) is 0 Å². The highest BCUT2D eigenvalue weighted by Crippen LogP contribution is 2.32. The number of carbonyl (C=O) groups excluding carboxylic acids is 2. The van der Waals surface area contributed by atoms with Crippen molar-refractivity contribution in [3.05, 3.63) is 69.3 Å². The van der Waals surface area contributed by atoms with E-state index in [0.717, 1.165) is 16.0 Å². The first kappa shape index (κ1) is 16.6. The molecule has 2 aromatic carbocycles. The lowest BCUT2D eigenvalue weighted by molar-refractivity contribution is -0.120. The molecule has 2 amide bonds. The molecule has 0 unspecified atom stereocenters. The number of halogens is 2. The van der Waals surface area contributed by atoms with Crippen molar-refractivity contribution < 1.29 is 9.59 Å². The van der Waals surface area contributed by atoms with Crippen molar-refractivity contribution in [3.8, 4) is 0 Å². The molecule has 0 saturated heterocycles. The van der Waals surface area contributed by atoms with Crippen LogP contribution in [0.15, 0.2) is 53.2 Å². The molecular formula is C18H14Cl2N2O2. The maximum Gasteiger partial charge on any atom is 0.283 e. The van der Waals surface area contributed by atoms with Gasteiger partial charge in [-0.25, -0.2) is 4.90 Å². The van der Waals surface area contributed by atoms with Crippen LogP contribution in [0.3, 0.4) is 0 Å². The molecule has 1 aliphatic rings. The number of hydrogen-bond donors (Lipinski definition) is 1. The van der Waals surface area contributed by atoms with E-state index in [-0.39, 0.29) is 10.7 Å². The van der Waals surface area contributed by atoms with E-state index in [2.05, 4.69) is 5.32 Å². The molecule has 0 aliphatic carbocycles. The lowest BCUT2D eigenvalue weighted by Gasteiger charge is -2.16. The Morgan fingerprint density at radius 2 is 1.58 bits per heavy atom. The van der Waals surface area contributed by atoms with Crippen LogP contribution in [-0.2, 0) is 9.59 Å². The van der Waals surface area contributed by atoms with Gasteiger partial charge >= 0.3 is 0 Å². The zero-order valence-corrected chi connectivity index (χ0v) is 14.6. The van der Waals surface area contributed by atoms with Crippen LogP contribution in [0.4, 0.5) is 11.4 Å². The van der Waals surface area contributed by atoms with Crippen LogP contribution in [0.1, 0.15) is 11.1 Å². The van der Waals surface area contributed by atoms with E-state index in [0.29, 0.717) is 16.4 Å². The lowest BCUT2D eigenvalue weighted by atomic mass is 10.2. The average molecular weight is 361 g/mol. The molecule has 4 nitrogen and oxygen atoms in total. The quantitative estimate of drug-likeness (QED) is 0.825. The van der Waals surface area contributed by atoms with Crippen molar-refractivity contribution >= 4 is 46.4 Å². The minimum atomic E-state index is -0.573. The summed E-state index contributed by atoms with van der Waals surface area (Å²) in [6.45, 7) is 3.80. The molecule has 0 aromatic heterocycles. The molecule has 24 heavy (non-hydrogen) atoms. The number of nitrogens with one attached hydrogen (secondary N) is 1. The number of nitrogens with zero attached hydrogens (tertiary/aromatic N) is 1. The van der Waals surface area contributed by atoms with Gasteiger partial charge in [-0.05, 0) is 43.7 Å². The summed E-state index contributed by atoms with van der Waals surface area (Å²) in [5, 5.41) is 3.26. The molecule has 6 heteroatoms. The smallest absolute Gasteiger partial charge is 0.283 e. The summed E-state index contributed by atoms with van der Waals surface area (Å²) in [6.07, 6.45) is 0. The molecule has 122 valence electrons. The largest absolute Gasteiger partial charge is 0.350 e. The number of hydrogen-bond acceptors (Lipinski definition) is 3. The van der Waals surface area contributed by atoms with Gasteiger partial charge in [-0.15, -0.1) is 0 Å². The standard InChI is InChI=1S/C18H14Cl2N2O2/c1-10-3-6-12(7-4-10)21-16-15(20)17(23)22(18(16)24)13-8-5-11(2)14(19)9-13/h3-9,21H,1-2H3. The fourth-order valence-electron chi connectivity index (χ4n) is 2.35. The topological polar surface area (TPSA) is 49.4 Å². The molecule has 3 rings (SSSR count). The predicted octanol–water partition coefficient (Wildman–Crippen LogP) is 4.39. The van der Waals surface area contributed by atoms with Gasteiger partial charge in [-0.1, -0.05) is 47.0 Å².